The lowest BCUT2D eigenvalue weighted by Crippen LogP contribution is -2.46. The molecule has 0 aliphatic carbocycles. The van der Waals surface area contributed by atoms with E-state index in [9.17, 15) is 14.7 Å². The quantitative estimate of drug-likeness (QED) is 0.402. The third-order valence-corrected chi connectivity index (χ3v) is 6.35. The van der Waals surface area contributed by atoms with Crippen LogP contribution < -0.4 is 5.73 Å². The van der Waals surface area contributed by atoms with Crippen LogP contribution in [0, 0.1) is 6.92 Å². The van der Waals surface area contributed by atoms with E-state index in [2.05, 4.69) is 44.2 Å². The van der Waals surface area contributed by atoms with Crippen molar-refractivity contribution in [3.63, 3.8) is 0 Å². The summed E-state index contributed by atoms with van der Waals surface area (Å²) in [5, 5.41) is 10.9. The van der Waals surface area contributed by atoms with E-state index < -0.39 is 11.6 Å². The van der Waals surface area contributed by atoms with Crippen LogP contribution in [-0.2, 0) is 24.1 Å². The number of primary amides is 1. The fourth-order valence-corrected chi connectivity index (χ4v) is 4.53. The molecule has 0 aliphatic rings. The Morgan fingerprint density at radius 3 is 2.29 bits per heavy atom. The number of rotatable bonds is 9. The summed E-state index contributed by atoms with van der Waals surface area (Å²) in [5.74, 6) is -0.322. The molecule has 3 aromatic rings. The van der Waals surface area contributed by atoms with Crippen LogP contribution >= 0.6 is 0 Å². The minimum Gasteiger partial charge on any atom is -0.465 e. The Morgan fingerprint density at radius 2 is 1.71 bits per heavy atom. The predicted octanol–water partition coefficient (Wildman–Crippen LogP) is 5.90. The summed E-state index contributed by atoms with van der Waals surface area (Å²) < 4.78 is 0. The van der Waals surface area contributed by atoms with Gasteiger partial charge in [0.2, 0.25) is 5.91 Å². The second kappa shape index (κ2) is 10.9. The Labute approximate surface area is 208 Å². The van der Waals surface area contributed by atoms with Crippen molar-refractivity contribution in [2.45, 2.75) is 72.3 Å². The van der Waals surface area contributed by atoms with E-state index in [0.29, 0.717) is 25.8 Å². The van der Waals surface area contributed by atoms with Gasteiger partial charge in [-0.15, -0.1) is 0 Å². The summed E-state index contributed by atoms with van der Waals surface area (Å²) in [6, 6.07) is 14.6. The number of nitrogens with zero attached hydrogens (tertiary/aromatic N) is 2. The Bertz CT molecular complexity index is 1210. The number of fused-ring (bicyclic) bond motifs is 1. The van der Waals surface area contributed by atoms with Gasteiger partial charge in [0, 0.05) is 29.6 Å². The molecule has 3 rings (SSSR count). The Kier molecular flexibility index (Phi) is 8.15. The number of aryl methyl sites for hydroxylation is 3. The molecule has 1 aromatic heterocycles. The van der Waals surface area contributed by atoms with Crippen molar-refractivity contribution in [2.75, 3.05) is 6.54 Å². The van der Waals surface area contributed by atoms with Crippen LogP contribution in [-0.4, -0.2) is 39.1 Å². The highest BCUT2D eigenvalue weighted by atomic mass is 16.4. The first kappa shape index (κ1) is 26.2. The molecule has 0 saturated heterocycles. The maximum absolute atomic E-state index is 12.0. The maximum atomic E-state index is 12.0. The van der Waals surface area contributed by atoms with Crippen molar-refractivity contribution in [2.24, 2.45) is 5.73 Å². The number of carbonyl (C=O) groups excluding carboxylic acids is 1. The van der Waals surface area contributed by atoms with Crippen molar-refractivity contribution >= 4 is 22.9 Å². The van der Waals surface area contributed by atoms with Gasteiger partial charge in [-0.3, -0.25) is 9.78 Å². The molecule has 35 heavy (non-hydrogen) atoms. The summed E-state index contributed by atoms with van der Waals surface area (Å²) in [6.45, 7) is 10.3. The van der Waals surface area contributed by atoms with Crippen LogP contribution in [0.2, 0.25) is 0 Å². The smallest absolute Gasteiger partial charge is 0.407 e. The molecule has 1 heterocycles. The van der Waals surface area contributed by atoms with E-state index in [1.807, 2.05) is 32.9 Å². The van der Waals surface area contributed by atoms with E-state index in [4.69, 9.17) is 10.7 Å². The molecule has 6 nitrogen and oxygen atoms in total. The SMILES string of the molecule is CCCc1nc2ccc(CCC(N)=O)cc2c(-c2ccc(C)cc2)c1CCN(C(=O)O)C(C)(C)C. The minimum absolute atomic E-state index is 0.290. The van der Waals surface area contributed by atoms with Crippen LogP contribution in [0.15, 0.2) is 42.5 Å². The zero-order valence-corrected chi connectivity index (χ0v) is 21.5. The van der Waals surface area contributed by atoms with Gasteiger partial charge >= 0.3 is 6.09 Å². The number of carboxylic acid groups (broad SMARTS) is 1. The fourth-order valence-electron chi connectivity index (χ4n) is 4.53. The summed E-state index contributed by atoms with van der Waals surface area (Å²) >= 11 is 0. The topological polar surface area (TPSA) is 96.5 Å². The zero-order valence-electron chi connectivity index (χ0n) is 21.5. The lowest BCUT2D eigenvalue weighted by atomic mass is 9.89. The number of benzene rings is 2. The van der Waals surface area contributed by atoms with Gasteiger partial charge in [0.15, 0.2) is 0 Å². The lowest BCUT2D eigenvalue weighted by Gasteiger charge is -2.33. The molecule has 0 radical (unpaired) electrons. The van der Waals surface area contributed by atoms with Gasteiger partial charge in [-0.2, -0.15) is 0 Å². The first-order valence-electron chi connectivity index (χ1n) is 12.3. The minimum atomic E-state index is -0.922. The van der Waals surface area contributed by atoms with Gasteiger partial charge < -0.3 is 15.7 Å². The summed E-state index contributed by atoms with van der Waals surface area (Å²) in [6.07, 6.45) is 2.26. The highest BCUT2D eigenvalue weighted by molar-refractivity contribution is 5.97. The number of nitrogens with two attached hydrogens (primary N) is 1. The van der Waals surface area contributed by atoms with Crippen molar-refractivity contribution in [3.05, 3.63) is 64.8 Å². The third kappa shape index (κ3) is 6.38. The van der Waals surface area contributed by atoms with Crippen LogP contribution in [0.25, 0.3) is 22.0 Å². The average molecular weight is 476 g/mol. The molecule has 0 fully saturated rings. The largest absolute Gasteiger partial charge is 0.465 e. The van der Waals surface area contributed by atoms with Crippen molar-refractivity contribution in [1.29, 1.82) is 0 Å². The van der Waals surface area contributed by atoms with E-state index >= 15 is 0 Å². The third-order valence-electron chi connectivity index (χ3n) is 6.35. The second-order valence-corrected chi connectivity index (χ2v) is 10.2. The van der Waals surface area contributed by atoms with Crippen LogP contribution in [0.5, 0.6) is 0 Å². The molecule has 3 N–H and O–H groups in total. The van der Waals surface area contributed by atoms with Gasteiger partial charge in [-0.1, -0.05) is 49.2 Å². The average Bonchev–Trinajstić information content (AvgIpc) is 2.77. The number of carbonyl (C=O) groups is 2. The van der Waals surface area contributed by atoms with Gasteiger partial charge in [0.25, 0.3) is 0 Å². The monoisotopic (exact) mass is 475 g/mol. The molecule has 0 aliphatic heterocycles. The molecular weight excluding hydrogens is 438 g/mol. The van der Waals surface area contributed by atoms with E-state index in [1.165, 1.54) is 10.5 Å². The van der Waals surface area contributed by atoms with E-state index in [0.717, 1.165) is 51.7 Å². The summed E-state index contributed by atoms with van der Waals surface area (Å²) in [5.41, 5.74) is 12.3. The molecule has 0 unspecified atom stereocenters. The predicted molar refractivity (Wildman–Crippen MR) is 142 cm³/mol. The number of hydrogen-bond acceptors (Lipinski definition) is 3. The lowest BCUT2D eigenvalue weighted by molar-refractivity contribution is -0.117. The Hall–Kier alpha value is -3.41. The summed E-state index contributed by atoms with van der Waals surface area (Å²) in [7, 11) is 0. The van der Waals surface area contributed by atoms with Gasteiger partial charge in [-0.25, -0.2) is 4.79 Å². The van der Waals surface area contributed by atoms with E-state index in [-0.39, 0.29) is 5.91 Å². The van der Waals surface area contributed by atoms with Gasteiger partial charge in [0.1, 0.15) is 0 Å². The van der Waals surface area contributed by atoms with Crippen molar-refractivity contribution < 1.29 is 14.7 Å². The summed E-state index contributed by atoms with van der Waals surface area (Å²) in [4.78, 5) is 29.9. The zero-order chi connectivity index (χ0) is 25.8. The molecule has 0 spiro atoms. The van der Waals surface area contributed by atoms with Crippen molar-refractivity contribution in [3.8, 4) is 11.1 Å². The molecule has 0 saturated carbocycles. The molecule has 2 aromatic carbocycles. The molecule has 0 bridgehead atoms. The number of aromatic nitrogens is 1. The highest BCUT2D eigenvalue weighted by Gasteiger charge is 2.27. The van der Waals surface area contributed by atoms with Crippen LogP contribution in [0.3, 0.4) is 0 Å². The van der Waals surface area contributed by atoms with Gasteiger partial charge in [-0.05, 0) is 81.3 Å². The maximum Gasteiger partial charge on any atom is 0.407 e. The van der Waals surface area contributed by atoms with Crippen LogP contribution in [0.1, 0.15) is 62.9 Å². The normalized spacial score (nSPS) is 11.6. The molecular formula is C29H37N3O3. The molecule has 2 amide bonds. The fraction of sp³-hybridized carbons (Fsp3) is 0.414. The van der Waals surface area contributed by atoms with Crippen LogP contribution in [0.4, 0.5) is 4.79 Å². The first-order valence-corrected chi connectivity index (χ1v) is 12.3. The number of hydrogen-bond donors (Lipinski definition) is 2. The standard InChI is InChI=1S/C29H37N3O3/c1-6-7-24-22(16-17-32(28(34)35)29(3,4)5)27(21-12-8-19(2)9-13-21)23-18-20(11-15-26(30)33)10-14-25(23)31-24/h8-10,12-14,18H,6-7,11,15-17H2,1-5H3,(H2,30,33)(H,34,35). The molecule has 186 valence electrons. The molecule has 6 heteroatoms. The number of amides is 2. The van der Waals surface area contributed by atoms with Crippen molar-refractivity contribution in [1.82, 2.24) is 9.88 Å². The number of pyridine rings is 1. The first-order chi connectivity index (χ1) is 16.5. The van der Waals surface area contributed by atoms with E-state index in [1.54, 1.807) is 0 Å². The Balaban J connectivity index is 2.23. The highest BCUT2D eigenvalue weighted by Crippen LogP contribution is 2.35. The Morgan fingerprint density at radius 1 is 1.03 bits per heavy atom. The molecule has 0 atom stereocenters. The second-order valence-electron chi connectivity index (χ2n) is 10.2. The van der Waals surface area contributed by atoms with Gasteiger partial charge in [0.05, 0.1) is 5.52 Å².